The predicted octanol–water partition coefficient (Wildman–Crippen LogP) is 2.19. The predicted molar refractivity (Wildman–Crippen MR) is 118 cm³/mol. The molecule has 1 aromatic rings. The van der Waals surface area contributed by atoms with Crippen LogP contribution in [0.25, 0.3) is 0 Å². The van der Waals surface area contributed by atoms with Crippen LogP contribution in [0.1, 0.15) is 37.2 Å². The number of aromatic nitrogens is 2. The molecule has 1 heterocycles. The Bertz CT molecular complexity index is 534. The zero-order valence-electron chi connectivity index (χ0n) is 17.1. The Morgan fingerprint density at radius 1 is 1.27 bits per heavy atom. The van der Waals surface area contributed by atoms with Crippen molar-refractivity contribution < 1.29 is 9.47 Å². The maximum atomic E-state index is 5.46. The van der Waals surface area contributed by atoms with Crippen LogP contribution in [-0.2, 0) is 22.9 Å². The number of hydrogen-bond donors (Lipinski definition) is 2. The van der Waals surface area contributed by atoms with Crippen molar-refractivity contribution in [3.05, 3.63) is 17.0 Å². The topological polar surface area (TPSA) is 72.7 Å². The number of guanidine groups is 1. The third kappa shape index (κ3) is 9.18. The van der Waals surface area contributed by atoms with Gasteiger partial charge in [-0.15, -0.1) is 24.0 Å². The molecule has 0 saturated carbocycles. The fraction of sp³-hybridized carbons (Fsp3) is 0.778. The minimum absolute atomic E-state index is 0. The Hall–Kier alpha value is -0.870. The molecule has 1 atom stereocenters. The van der Waals surface area contributed by atoms with E-state index in [-0.39, 0.29) is 30.0 Å². The molecule has 0 spiro atoms. The highest BCUT2D eigenvalue weighted by Gasteiger charge is 2.13. The van der Waals surface area contributed by atoms with E-state index in [2.05, 4.69) is 48.4 Å². The number of halogens is 1. The molecule has 0 amide bonds. The third-order valence-corrected chi connectivity index (χ3v) is 4.05. The van der Waals surface area contributed by atoms with Crippen molar-refractivity contribution in [1.29, 1.82) is 0 Å². The monoisotopic (exact) mass is 481 g/mol. The maximum Gasteiger partial charge on any atom is 0.191 e. The quantitative estimate of drug-likeness (QED) is 0.220. The van der Waals surface area contributed by atoms with E-state index in [4.69, 9.17) is 9.47 Å². The zero-order chi connectivity index (χ0) is 18.7. The Kier molecular flexibility index (Phi) is 13.7. The van der Waals surface area contributed by atoms with Crippen molar-refractivity contribution in [2.75, 3.05) is 40.0 Å². The summed E-state index contributed by atoms with van der Waals surface area (Å²) in [5.74, 6) is 0.853. The van der Waals surface area contributed by atoms with Gasteiger partial charge in [0.15, 0.2) is 5.96 Å². The lowest BCUT2D eigenvalue weighted by molar-refractivity contribution is 0.0702. The summed E-state index contributed by atoms with van der Waals surface area (Å²) in [6, 6.07) is 0.275. The van der Waals surface area contributed by atoms with Crippen molar-refractivity contribution >= 4 is 29.9 Å². The molecule has 7 nitrogen and oxygen atoms in total. The molecule has 0 saturated heterocycles. The van der Waals surface area contributed by atoms with Crippen LogP contribution >= 0.6 is 24.0 Å². The molecule has 0 bridgehead atoms. The van der Waals surface area contributed by atoms with Gasteiger partial charge in [-0.05, 0) is 46.1 Å². The lowest BCUT2D eigenvalue weighted by atomic mass is 10.1. The summed E-state index contributed by atoms with van der Waals surface area (Å²) in [4.78, 5) is 4.63. The molecular formula is C18H36IN5O2. The first-order valence-electron chi connectivity index (χ1n) is 9.10. The number of rotatable bonds is 11. The van der Waals surface area contributed by atoms with Crippen LogP contribution < -0.4 is 10.6 Å². The fourth-order valence-corrected chi connectivity index (χ4v) is 2.63. The number of aryl methyl sites for hydroxylation is 2. The van der Waals surface area contributed by atoms with E-state index in [1.54, 1.807) is 7.11 Å². The number of hydrogen-bond acceptors (Lipinski definition) is 4. The number of aliphatic imine (C=N–C) groups is 1. The van der Waals surface area contributed by atoms with E-state index in [0.717, 1.165) is 37.6 Å². The molecule has 0 aromatic carbocycles. The van der Waals surface area contributed by atoms with Gasteiger partial charge >= 0.3 is 0 Å². The highest BCUT2D eigenvalue weighted by molar-refractivity contribution is 14.0. The number of ether oxygens (including phenoxy) is 2. The summed E-state index contributed by atoms with van der Waals surface area (Å²) in [5.41, 5.74) is 3.63. The van der Waals surface area contributed by atoms with Gasteiger partial charge in [0.25, 0.3) is 0 Å². The van der Waals surface area contributed by atoms with Gasteiger partial charge in [-0.3, -0.25) is 9.67 Å². The first-order chi connectivity index (χ1) is 12.0. The van der Waals surface area contributed by atoms with Gasteiger partial charge in [0.05, 0.1) is 18.9 Å². The lowest BCUT2D eigenvalue weighted by Gasteiger charge is -2.18. The van der Waals surface area contributed by atoms with Gasteiger partial charge in [-0.25, -0.2) is 0 Å². The van der Waals surface area contributed by atoms with Crippen LogP contribution in [0.2, 0.25) is 0 Å². The van der Waals surface area contributed by atoms with Gasteiger partial charge in [0.2, 0.25) is 0 Å². The second-order valence-electron chi connectivity index (χ2n) is 6.24. The zero-order valence-corrected chi connectivity index (χ0v) is 19.4. The molecule has 2 N–H and O–H groups in total. The molecule has 0 aliphatic rings. The second-order valence-corrected chi connectivity index (χ2v) is 6.24. The molecular weight excluding hydrogens is 445 g/mol. The normalized spacial score (nSPS) is 12.6. The number of nitrogens with one attached hydrogen (secondary N) is 2. The van der Waals surface area contributed by atoms with Crippen molar-refractivity contribution in [2.45, 2.75) is 46.6 Å². The third-order valence-electron chi connectivity index (χ3n) is 4.05. The summed E-state index contributed by atoms with van der Waals surface area (Å²) in [7, 11) is 3.67. The highest BCUT2D eigenvalue weighted by atomic mass is 127. The SMILES string of the molecule is CCNC(=NCCCOCCOC)NC(C)Cc1c(C)nn(C)c1C.I. The minimum atomic E-state index is 0. The van der Waals surface area contributed by atoms with Crippen LogP contribution in [0, 0.1) is 13.8 Å². The molecule has 1 unspecified atom stereocenters. The van der Waals surface area contributed by atoms with Crippen molar-refractivity contribution in [2.24, 2.45) is 12.0 Å². The smallest absolute Gasteiger partial charge is 0.191 e. The van der Waals surface area contributed by atoms with Gasteiger partial charge in [-0.1, -0.05) is 0 Å². The lowest BCUT2D eigenvalue weighted by Crippen LogP contribution is -2.43. The molecule has 0 radical (unpaired) electrons. The molecule has 1 rings (SSSR count). The van der Waals surface area contributed by atoms with Crippen LogP contribution in [0.5, 0.6) is 0 Å². The average molecular weight is 481 g/mol. The van der Waals surface area contributed by atoms with E-state index in [9.17, 15) is 0 Å². The van der Waals surface area contributed by atoms with Crippen molar-refractivity contribution in [1.82, 2.24) is 20.4 Å². The summed E-state index contributed by atoms with van der Waals surface area (Å²) in [6.45, 7) is 12.0. The number of methoxy groups -OCH3 is 1. The Morgan fingerprint density at radius 2 is 2.00 bits per heavy atom. The van der Waals surface area contributed by atoms with E-state index in [0.29, 0.717) is 19.8 Å². The summed E-state index contributed by atoms with van der Waals surface area (Å²) in [6.07, 6.45) is 1.82. The van der Waals surface area contributed by atoms with Crippen LogP contribution in [-0.4, -0.2) is 61.8 Å². The average Bonchev–Trinajstić information content (AvgIpc) is 2.80. The van der Waals surface area contributed by atoms with E-state index in [1.807, 2.05) is 11.7 Å². The first-order valence-corrected chi connectivity index (χ1v) is 9.10. The van der Waals surface area contributed by atoms with E-state index >= 15 is 0 Å². The van der Waals surface area contributed by atoms with Gasteiger partial charge < -0.3 is 20.1 Å². The summed E-state index contributed by atoms with van der Waals surface area (Å²) in [5, 5.41) is 11.3. The van der Waals surface area contributed by atoms with Gasteiger partial charge in [0, 0.05) is 45.6 Å². The summed E-state index contributed by atoms with van der Waals surface area (Å²) >= 11 is 0. The Labute approximate surface area is 175 Å². The Balaban J connectivity index is 0.00000625. The largest absolute Gasteiger partial charge is 0.382 e. The van der Waals surface area contributed by atoms with Crippen LogP contribution in [0.3, 0.4) is 0 Å². The van der Waals surface area contributed by atoms with Crippen molar-refractivity contribution in [3.63, 3.8) is 0 Å². The highest BCUT2D eigenvalue weighted by Crippen LogP contribution is 2.14. The molecule has 0 fully saturated rings. The van der Waals surface area contributed by atoms with E-state index < -0.39 is 0 Å². The minimum Gasteiger partial charge on any atom is -0.382 e. The molecule has 8 heteroatoms. The maximum absolute atomic E-state index is 5.46. The standard InChI is InChI=1S/C18H35N5O2.HI/c1-7-19-18(20-9-8-10-25-12-11-24-6)21-14(2)13-17-15(3)22-23(5)16(17)4;/h14H,7-13H2,1-6H3,(H2,19,20,21);1H. The Morgan fingerprint density at radius 3 is 2.58 bits per heavy atom. The fourth-order valence-electron chi connectivity index (χ4n) is 2.63. The van der Waals surface area contributed by atoms with Crippen molar-refractivity contribution in [3.8, 4) is 0 Å². The van der Waals surface area contributed by atoms with Crippen LogP contribution in [0.15, 0.2) is 4.99 Å². The second kappa shape index (κ2) is 14.2. The van der Waals surface area contributed by atoms with Gasteiger partial charge in [0.1, 0.15) is 0 Å². The van der Waals surface area contributed by atoms with Gasteiger partial charge in [-0.2, -0.15) is 5.10 Å². The molecule has 26 heavy (non-hydrogen) atoms. The first kappa shape index (κ1) is 25.1. The number of nitrogens with zero attached hydrogens (tertiary/aromatic N) is 3. The summed E-state index contributed by atoms with van der Waals surface area (Å²) < 4.78 is 12.4. The van der Waals surface area contributed by atoms with Crippen LogP contribution in [0.4, 0.5) is 0 Å². The molecule has 1 aromatic heterocycles. The molecule has 0 aliphatic carbocycles. The van der Waals surface area contributed by atoms with E-state index in [1.165, 1.54) is 11.3 Å². The molecule has 152 valence electrons. The molecule has 0 aliphatic heterocycles.